The van der Waals surface area contributed by atoms with Gasteiger partial charge in [0, 0.05) is 26.2 Å². The predicted octanol–water partition coefficient (Wildman–Crippen LogP) is -1.98. The third kappa shape index (κ3) is 2.30. The molecule has 3 N–H and O–H groups in total. The van der Waals surface area contributed by atoms with E-state index in [0.717, 1.165) is 13.1 Å². The number of hydrogen-bond donors (Lipinski definition) is 3. The second-order valence-electron chi connectivity index (χ2n) is 3.85. The number of piperazine rings is 1. The first-order chi connectivity index (χ1) is 7.66. The number of carbonyl (C=O) groups is 3. The number of urea groups is 1. The van der Waals surface area contributed by atoms with Gasteiger partial charge >= 0.3 is 6.03 Å². The van der Waals surface area contributed by atoms with Gasteiger partial charge in [0.2, 0.25) is 11.8 Å². The highest BCUT2D eigenvalue weighted by Crippen LogP contribution is 2.04. The smallest absolute Gasteiger partial charge is 0.322 e. The van der Waals surface area contributed by atoms with Crippen molar-refractivity contribution in [1.82, 2.24) is 20.9 Å². The maximum absolute atomic E-state index is 11.9. The van der Waals surface area contributed by atoms with Crippen molar-refractivity contribution in [3.05, 3.63) is 0 Å². The lowest BCUT2D eigenvalue weighted by molar-refractivity contribution is -0.136. The third-order valence-corrected chi connectivity index (χ3v) is 2.67. The Morgan fingerprint density at radius 2 is 1.94 bits per heavy atom. The summed E-state index contributed by atoms with van der Waals surface area (Å²) in [5.41, 5.74) is 0. The Labute approximate surface area is 92.5 Å². The van der Waals surface area contributed by atoms with E-state index < -0.39 is 18.0 Å². The molecule has 0 aromatic heterocycles. The molecule has 2 heterocycles. The average molecular weight is 226 g/mol. The van der Waals surface area contributed by atoms with Gasteiger partial charge in [-0.1, -0.05) is 0 Å². The summed E-state index contributed by atoms with van der Waals surface area (Å²) in [7, 11) is 0. The summed E-state index contributed by atoms with van der Waals surface area (Å²) < 4.78 is 0. The molecule has 0 spiro atoms. The van der Waals surface area contributed by atoms with E-state index in [-0.39, 0.29) is 12.3 Å². The predicted molar refractivity (Wildman–Crippen MR) is 54.5 cm³/mol. The molecule has 0 bridgehead atoms. The zero-order valence-corrected chi connectivity index (χ0v) is 8.78. The van der Waals surface area contributed by atoms with E-state index in [1.54, 1.807) is 4.90 Å². The quantitative estimate of drug-likeness (QED) is 0.483. The average Bonchev–Trinajstić information content (AvgIpc) is 2.28. The van der Waals surface area contributed by atoms with Crippen molar-refractivity contribution >= 4 is 17.8 Å². The van der Waals surface area contributed by atoms with Crippen molar-refractivity contribution in [2.75, 3.05) is 26.2 Å². The van der Waals surface area contributed by atoms with Crippen LogP contribution >= 0.6 is 0 Å². The zero-order valence-electron chi connectivity index (χ0n) is 8.78. The summed E-state index contributed by atoms with van der Waals surface area (Å²) >= 11 is 0. The molecule has 0 aromatic carbocycles. The van der Waals surface area contributed by atoms with E-state index in [9.17, 15) is 14.4 Å². The van der Waals surface area contributed by atoms with Crippen molar-refractivity contribution < 1.29 is 14.4 Å². The van der Waals surface area contributed by atoms with Gasteiger partial charge < -0.3 is 15.5 Å². The Morgan fingerprint density at radius 3 is 2.56 bits per heavy atom. The molecule has 1 atom stereocenters. The van der Waals surface area contributed by atoms with Crippen LogP contribution in [0.25, 0.3) is 0 Å². The van der Waals surface area contributed by atoms with Crippen molar-refractivity contribution in [2.45, 2.75) is 12.5 Å². The molecule has 16 heavy (non-hydrogen) atoms. The van der Waals surface area contributed by atoms with Crippen LogP contribution in [-0.2, 0) is 9.59 Å². The topological polar surface area (TPSA) is 90.5 Å². The van der Waals surface area contributed by atoms with Gasteiger partial charge in [-0.25, -0.2) is 4.79 Å². The van der Waals surface area contributed by atoms with E-state index in [1.807, 2.05) is 0 Å². The minimum atomic E-state index is -0.709. The van der Waals surface area contributed by atoms with Gasteiger partial charge in [-0.2, -0.15) is 0 Å². The van der Waals surface area contributed by atoms with Crippen LogP contribution in [0, 0.1) is 0 Å². The van der Waals surface area contributed by atoms with E-state index in [1.165, 1.54) is 0 Å². The van der Waals surface area contributed by atoms with Gasteiger partial charge in [-0.05, 0) is 0 Å². The Kier molecular flexibility index (Phi) is 3.04. The lowest BCUT2D eigenvalue weighted by Crippen LogP contribution is -2.60. The molecule has 2 saturated heterocycles. The Morgan fingerprint density at radius 1 is 1.25 bits per heavy atom. The van der Waals surface area contributed by atoms with Crippen LogP contribution in [0.15, 0.2) is 0 Å². The minimum absolute atomic E-state index is 0.0223. The van der Waals surface area contributed by atoms with E-state index in [4.69, 9.17) is 0 Å². The third-order valence-electron chi connectivity index (χ3n) is 2.67. The lowest BCUT2D eigenvalue weighted by Gasteiger charge is -2.32. The van der Waals surface area contributed by atoms with Gasteiger partial charge in [0.25, 0.3) is 0 Å². The fourth-order valence-electron chi connectivity index (χ4n) is 1.86. The molecule has 0 aliphatic carbocycles. The fourth-order valence-corrected chi connectivity index (χ4v) is 1.86. The van der Waals surface area contributed by atoms with Crippen molar-refractivity contribution in [1.29, 1.82) is 0 Å². The number of rotatable bonds is 1. The maximum Gasteiger partial charge on any atom is 0.322 e. The van der Waals surface area contributed by atoms with Crippen LogP contribution in [0.5, 0.6) is 0 Å². The molecule has 2 rings (SSSR count). The molecule has 88 valence electrons. The Hall–Kier alpha value is -1.63. The second-order valence-corrected chi connectivity index (χ2v) is 3.85. The molecule has 2 fully saturated rings. The number of hydrogen-bond acceptors (Lipinski definition) is 4. The van der Waals surface area contributed by atoms with Crippen LogP contribution < -0.4 is 16.0 Å². The molecule has 0 aromatic rings. The number of carbonyl (C=O) groups excluding carboxylic acids is 3. The van der Waals surface area contributed by atoms with Crippen LogP contribution in [0.1, 0.15) is 6.42 Å². The highest BCUT2D eigenvalue weighted by Gasteiger charge is 2.32. The maximum atomic E-state index is 11.9. The van der Waals surface area contributed by atoms with E-state index in [0.29, 0.717) is 13.1 Å². The normalized spacial score (nSPS) is 26.0. The molecule has 7 heteroatoms. The summed E-state index contributed by atoms with van der Waals surface area (Å²) in [5.74, 6) is -0.582. The van der Waals surface area contributed by atoms with Crippen molar-refractivity contribution in [3.8, 4) is 0 Å². The van der Waals surface area contributed by atoms with E-state index >= 15 is 0 Å². The molecule has 0 radical (unpaired) electrons. The fraction of sp³-hybridized carbons (Fsp3) is 0.667. The molecular formula is C9H14N4O3. The largest absolute Gasteiger partial charge is 0.338 e. The Bertz CT molecular complexity index is 309. The first kappa shape index (κ1) is 10.9. The monoisotopic (exact) mass is 226 g/mol. The first-order valence-corrected chi connectivity index (χ1v) is 5.26. The molecule has 7 nitrogen and oxygen atoms in total. The second kappa shape index (κ2) is 4.48. The summed E-state index contributed by atoms with van der Waals surface area (Å²) in [6.45, 7) is 2.73. The lowest BCUT2D eigenvalue weighted by atomic mass is 10.1. The van der Waals surface area contributed by atoms with Gasteiger partial charge in [-0.15, -0.1) is 0 Å². The number of nitrogens with zero attached hydrogens (tertiary/aromatic N) is 1. The molecule has 2 aliphatic heterocycles. The summed E-state index contributed by atoms with van der Waals surface area (Å²) in [5, 5.41) is 7.69. The van der Waals surface area contributed by atoms with Crippen LogP contribution in [0.3, 0.4) is 0 Å². The van der Waals surface area contributed by atoms with Gasteiger partial charge in [0.1, 0.15) is 6.04 Å². The zero-order chi connectivity index (χ0) is 11.5. The first-order valence-electron chi connectivity index (χ1n) is 5.26. The number of imide groups is 1. The molecule has 4 amide bonds. The summed E-state index contributed by atoms with van der Waals surface area (Å²) in [4.78, 5) is 35.8. The Balaban J connectivity index is 1.97. The van der Waals surface area contributed by atoms with Crippen molar-refractivity contribution in [3.63, 3.8) is 0 Å². The SMILES string of the molecule is O=C1CC(C(=O)N2CCNCC2)NC(=O)N1. The number of amides is 4. The minimum Gasteiger partial charge on any atom is -0.338 e. The molecular weight excluding hydrogens is 212 g/mol. The van der Waals surface area contributed by atoms with Gasteiger partial charge in [-0.3, -0.25) is 14.9 Å². The highest BCUT2D eigenvalue weighted by atomic mass is 16.2. The van der Waals surface area contributed by atoms with Crippen molar-refractivity contribution in [2.24, 2.45) is 0 Å². The molecule has 2 aliphatic rings. The molecule has 0 saturated carbocycles. The summed E-state index contributed by atoms with van der Waals surface area (Å²) in [6, 6.07) is -1.30. The molecule has 1 unspecified atom stereocenters. The van der Waals surface area contributed by atoms with E-state index in [2.05, 4.69) is 16.0 Å². The summed E-state index contributed by atoms with van der Waals surface area (Å²) in [6.07, 6.45) is 0.0223. The van der Waals surface area contributed by atoms with Gasteiger partial charge in [0.15, 0.2) is 0 Å². The standard InChI is InChI=1S/C9H14N4O3/c14-7-5-6(11-9(16)12-7)8(15)13-3-1-10-2-4-13/h6,10H,1-5H2,(H2,11,12,14,16). The van der Waals surface area contributed by atoms with Crippen LogP contribution in [-0.4, -0.2) is 55.0 Å². The van der Waals surface area contributed by atoms with Crippen LogP contribution in [0.4, 0.5) is 4.79 Å². The van der Waals surface area contributed by atoms with Gasteiger partial charge in [0.05, 0.1) is 6.42 Å². The number of nitrogens with one attached hydrogen (secondary N) is 3. The van der Waals surface area contributed by atoms with Crippen LogP contribution in [0.2, 0.25) is 0 Å². The highest BCUT2D eigenvalue weighted by molar-refractivity contribution is 6.02.